The van der Waals surface area contributed by atoms with Crippen molar-refractivity contribution in [3.63, 3.8) is 0 Å². The first-order valence-corrected chi connectivity index (χ1v) is 13.0. The zero-order valence-electron chi connectivity index (χ0n) is 21.3. The number of aromatic nitrogens is 2. The molecule has 8 nitrogen and oxygen atoms in total. The summed E-state index contributed by atoms with van der Waals surface area (Å²) in [7, 11) is 1.60. The first-order valence-electron chi connectivity index (χ1n) is 12.2. The predicted molar refractivity (Wildman–Crippen MR) is 140 cm³/mol. The number of rotatable bonds is 4. The van der Waals surface area contributed by atoms with Gasteiger partial charge in [-0.05, 0) is 52.7 Å². The van der Waals surface area contributed by atoms with Crippen molar-refractivity contribution in [2.75, 3.05) is 39.8 Å². The quantitative estimate of drug-likeness (QED) is 0.331. The molecule has 1 aromatic carbocycles. The van der Waals surface area contributed by atoms with E-state index in [4.69, 9.17) is 4.84 Å². The maximum Gasteiger partial charge on any atom is 0.257 e. The lowest BCUT2D eigenvalue weighted by Gasteiger charge is -2.52. The Kier molecular flexibility index (Phi) is 7.76. The maximum absolute atomic E-state index is 13.2. The molecule has 2 aromatic rings. The lowest BCUT2D eigenvalue weighted by molar-refractivity contribution is -0.00169. The number of amides is 1. The van der Waals surface area contributed by atoms with Crippen molar-refractivity contribution in [2.24, 2.45) is 5.16 Å². The molecule has 1 aromatic heterocycles. The van der Waals surface area contributed by atoms with Gasteiger partial charge in [-0.1, -0.05) is 33.2 Å². The van der Waals surface area contributed by atoms with E-state index in [1.165, 1.54) is 6.33 Å². The molecule has 3 heterocycles. The van der Waals surface area contributed by atoms with Crippen LogP contribution in [0.4, 0.5) is 0 Å². The van der Waals surface area contributed by atoms with Crippen LogP contribution in [0.5, 0.6) is 0 Å². The zero-order chi connectivity index (χ0) is 25.2. The van der Waals surface area contributed by atoms with Crippen molar-refractivity contribution in [3.8, 4) is 0 Å². The van der Waals surface area contributed by atoms with E-state index in [-0.39, 0.29) is 17.5 Å². The Morgan fingerprint density at radius 1 is 1.09 bits per heavy atom. The van der Waals surface area contributed by atoms with Crippen LogP contribution < -0.4 is 0 Å². The molecule has 0 saturated carbocycles. The average molecular weight is 544 g/mol. The van der Waals surface area contributed by atoms with Gasteiger partial charge in [-0.3, -0.25) is 9.69 Å². The van der Waals surface area contributed by atoms with Gasteiger partial charge in [-0.15, -0.1) is 0 Å². The van der Waals surface area contributed by atoms with Gasteiger partial charge in [0.15, 0.2) is 5.84 Å². The molecule has 2 aliphatic rings. The number of likely N-dealkylation sites (tertiary alicyclic amines) is 1. The fourth-order valence-electron chi connectivity index (χ4n) is 5.29. The van der Waals surface area contributed by atoms with Gasteiger partial charge in [0.2, 0.25) is 0 Å². The monoisotopic (exact) mass is 542 g/mol. The van der Waals surface area contributed by atoms with E-state index < -0.39 is 0 Å². The number of carbonyl (C=O) groups excluding carboxylic acids is 1. The Balaban J connectivity index is 1.41. The van der Waals surface area contributed by atoms with E-state index in [1.807, 2.05) is 30.9 Å². The molecular formula is C26H35BrN6O2. The molecule has 2 fully saturated rings. The lowest BCUT2D eigenvalue weighted by Crippen LogP contribution is -2.63. The molecule has 0 spiro atoms. The van der Waals surface area contributed by atoms with Crippen molar-refractivity contribution in [2.45, 2.75) is 52.1 Å². The highest BCUT2D eigenvalue weighted by Crippen LogP contribution is 2.32. The van der Waals surface area contributed by atoms with Crippen molar-refractivity contribution >= 4 is 27.7 Å². The van der Waals surface area contributed by atoms with Crippen LogP contribution in [-0.2, 0) is 4.84 Å². The number of piperazine rings is 1. The minimum Gasteiger partial charge on any atom is -0.397 e. The maximum atomic E-state index is 13.2. The number of aryl methyl sites for hydroxylation is 2. The summed E-state index contributed by atoms with van der Waals surface area (Å²) in [5.41, 5.74) is 3.25. The Labute approximate surface area is 216 Å². The molecule has 4 rings (SSSR count). The molecule has 2 aliphatic heterocycles. The van der Waals surface area contributed by atoms with Gasteiger partial charge in [0, 0.05) is 54.3 Å². The number of halogens is 1. The Morgan fingerprint density at radius 2 is 1.71 bits per heavy atom. The topological polar surface area (TPSA) is 74.2 Å². The van der Waals surface area contributed by atoms with Crippen LogP contribution in [0.3, 0.4) is 0 Å². The highest BCUT2D eigenvalue weighted by atomic mass is 79.9. The standard InChI is InChI=1S/C26H35BrN6O2/c1-18-16-32(14-15-33(18)24(30-35-5)21-6-8-22(27)9-7-21)26(4)10-12-31(13-11-26)25(34)23-19(2)28-17-29-20(23)3/h6-9,17-18H,10-16H2,1-5H3/b30-24+/t18-/m0/s1. The molecule has 0 aliphatic carbocycles. The van der Waals surface area contributed by atoms with Gasteiger partial charge in [0.1, 0.15) is 13.4 Å². The van der Waals surface area contributed by atoms with Crippen LogP contribution in [0.1, 0.15) is 54.0 Å². The number of nitrogens with zero attached hydrogens (tertiary/aromatic N) is 6. The molecule has 188 valence electrons. The summed E-state index contributed by atoms with van der Waals surface area (Å²) in [5.74, 6) is 0.921. The molecular weight excluding hydrogens is 508 g/mol. The number of carbonyl (C=O) groups is 1. The minimum atomic E-state index is 0.0516. The van der Waals surface area contributed by atoms with Crippen LogP contribution in [0.15, 0.2) is 40.2 Å². The van der Waals surface area contributed by atoms with Gasteiger partial charge in [0.25, 0.3) is 5.91 Å². The molecule has 0 unspecified atom stereocenters. The minimum absolute atomic E-state index is 0.0516. The number of hydrogen-bond donors (Lipinski definition) is 0. The second-order valence-electron chi connectivity index (χ2n) is 9.80. The van der Waals surface area contributed by atoms with Crippen molar-refractivity contribution in [3.05, 3.63) is 57.6 Å². The second-order valence-corrected chi connectivity index (χ2v) is 10.7. The Morgan fingerprint density at radius 3 is 2.29 bits per heavy atom. The molecule has 1 amide bonds. The summed E-state index contributed by atoms with van der Waals surface area (Å²) in [6.45, 7) is 12.6. The normalized spacial score (nSPS) is 21.2. The average Bonchev–Trinajstić information content (AvgIpc) is 2.84. The second kappa shape index (κ2) is 10.6. The van der Waals surface area contributed by atoms with Crippen LogP contribution in [0, 0.1) is 13.8 Å². The molecule has 0 N–H and O–H groups in total. The Hall–Kier alpha value is -2.52. The van der Waals surface area contributed by atoms with Crippen LogP contribution in [0.2, 0.25) is 0 Å². The van der Waals surface area contributed by atoms with Crippen molar-refractivity contribution in [1.82, 2.24) is 24.7 Å². The van der Waals surface area contributed by atoms with Gasteiger partial charge in [-0.2, -0.15) is 0 Å². The van der Waals surface area contributed by atoms with E-state index in [2.05, 4.69) is 66.8 Å². The third-order valence-corrected chi connectivity index (χ3v) is 8.04. The van der Waals surface area contributed by atoms with Gasteiger partial charge >= 0.3 is 0 Å². The zero-order valence-corrected chi connectivity index (χ0v) is 22.9. The Bertz CT molecular complexity index is 1060. The summed E-state index contributed by atoms with van der Waals surface area (Å²) >= 11 is 3.51. The molecule has 2 saturated heterocycles. The highest BCUT2D eigenvalue weighted by molar-refractivity contribution is 9.10. The van der Waals surface area contributed by atoms with E-state index >= 15 is 0 Å². The van der Waals surface area contributed by atoms with Gasteiger partial charge in [0.05, 0.1) is 17.0 Å². The first-order chi connectivity index (χ1) is 16.7. The predicted octanol–water partition coefficient (Wildman–Crippen LogP) is 3.86. The highest BCUT2D eigenvalue weighted by Gasteiger charge is 2.41. The number of oxime groups is 1. The molecule has 0 radical (unpaired) electrons. The molecule has 35 heavy (non-hydrogen) atoms. The number of piperidine rings is 1. The molecule has 9 heteroatoms. The van der Waals surface area contributed by atoms with E-state index in [0.29, 0.717) is 5.56 Å². The number of hydrogen-bond acceptors (Lipinski definition) is 6. The van der Waals surface area contributed by atoms with E-state index in [0.717, 1.165) is 72.8 Å². The van der Waals surface area contributed by atoms with Crippen LogP contribution in [0.25, 0.3) is 0 Å². The summed E-state index contributed by atoms with van der Waals surface area (Å²) in [4.78, 5) is 33.8. The van der Waals surface area contributed by atoms with E-state index in [1.54, 1.807) is 7.11 Å². The third kappa shape index (κ3) is 5.35. The third-order valence-electron chi connectivity index (χ3n) is 7.51. The smallest absolute Gasteiger partial charge is 0.257 e. The van der Waals surface area contributed by atoms with Crippen LogP contribution >= 0.6 is 15.9 Å². The fourth-order valence-corrected chi connectivity index (χ4v) is 5.55. The summed E-state index contributed by atoms with van der Waals surface area (Å²) < 4.78 is 1.04. The van der Waals surface area contributed by atoms with E-state index in [9.17, 15) is 4.79 Å². The largest absolute Gasteiger partial charge is 0.397 e. The summed E-state index contributed by atoms with van der Waals surface area (Å²) in [6, 6.07) is 8.47. The molecule has 1 atom stereocenters. The lowest BCUT2D eigenvalue weighted by atomic mass is 9.86. The number of amidine groups is 1. The first kappa shape index (κ1) is 25.6. The van der Waals surface area contributed by atoms with Crippen LogP contribution in [-0.4, -0.2) is 87.8 Å². The summed E-state index contributed by atoms with van der Waals surface area (Å²) in [6.07, 6.45) is 3.42. The van der Waals surface area contributed by atoms with Crippen molar-refractivity contribution in [1.29, 1.82) is 0 Å². The van der Waals surface area contributed by atoms with Crippen molar-refractivity contribution < 1.29 is 9.63 Å². The summed E-state index contributed by atoms with van der Waals surface area (Å²) in [5, 5.41) is 4.38. The van der Waals surface area contributed by atoms with Gasteiger partial charge < -0.3 is 14.6 Å². The molecule has 0 bridgehead atoms. The SMILES string of the molecule is CO/N=C(\c1ccc(Br)cc1)N1CCN(C2(C)CCN(C(=O)c3c(C)ncnc3C)CC2)C[C@@H]1C. The number of benzene rings is 1. The fraction of sp³-hybridized carbons (Fsp3) is 0.538. The van der Waals surface area contributed by atoms with Gasteiger partial charge in [-0.25, -0.2) is 9.97 Å².